The van der Waals surface area contributed by atoms with Gasteiger partial charge in [0.05, 0.1) is 0 Å². The lowest BCUT2D eigenvalue weighted by Gasteiger charge is -2.60. The average molecular weight is 411 g/mol. The van der Waals surface area contributed by atoms with Gasteiger partial charge >= 0.3 is 0 Å². The van der Waals surface area contributed by atoms with Crippen LogP contribution in [0, 0.1) is 23.7 Å². The van der Waals surface area contributed by atoms with Gasteiger partial charge in [-0.2, -0.15) is 0 Å². The highest BCUT2D eigenvalue weighted by Gasteiger charge is 2.69. The highest BCUT2D eigenvalue weighted by molar-refractivity contribution is 5.88. The van der Waals surface area contributed by atoms with Gasteiger partial charge in [-0.1, -0.05) is 50.2 Å². The number of fused-ring (bicyclic) bond motifs is 3. The van der Waals surface area contributed by atoms with Crippen LogP contribution < -0.4 is 4.74 Å². The third-order valence-corrected chi connectivity index (χ3v) is 8.09. The SMILES string of the molecule is C[C@H]1[C@H](Oc2cccc3ccccc23)O[C@@H]2O[C@@]3(C)CC[C@H]4[C@H](C)CC[C@@H]1[C@@]24OO3. The van der Waals surface area contributed by atoms with Crippen molar-refractivity contribution in [1.29, 1.82) is 0 Å². The quantitative estimate of drug-likeness (QED) is 0.618. The van der Waals surface area contributed by atoms with Crippen molar-refractivity contribution < 1.29 is 24.0 Å². The third kappa shape index (κ3) is 2.62. The lowest BCUT2D eigenvalue weighted by atomic mass is 9.58. The molecule has 4 aliphatic heterocycles. The molecule has 0 N–H and O–H groups in total. The number of hydrogen-bond acceptors (Lipinski definition) is 5. The first kappa shape index (κ1) is 19.1. The second kappa shape index (κ2) is 6.67. The van der Waals surface area contributed by atoms with Gasteiger partial charge in [0.2, 0.25) is 12.1 Å². The van der Waals surface area contributed by atoms with E-state index in [0.717, 1.165) is 35.8 Å². The van der Waals surface area contributed by atoms with E-state index in [4.69, 9.17) is 24.0 Å². The van der Waals surface area contributed by atoms with E-state index >= 15 is 0 Å². The molecule has 0 aromatic heterocycles. The van der Waals surface area contributed by atoms with Crippen LogP contribution in [0.4, 0.5) is 0 Å². The molecule has 160 valence electrons. The molecule has 30 heavy (non-hydrogen) atoms. The first-order valence-corrected chi connectivity index (χ1v) is 11.3. The van der Waals surface area contributed by atoms with Gasteiger partial charge in [-0.05, 0) is 49.5 Å². The summed E-state index contributed by atoms with van der Waals surface area (Å²) in [4.78, 5) is 12.1. The second-order valence-electron chi connectivity index (χ2n) is 9.87. The van der Waals surface area contributed by atoms with E-state index < -0.39 is 24.0 Å². The molecule has 8 atom stereocenters. The minimum Gasteiger partial charge on any atom is -0.464 e. The van der Waals surface area contributed by atoms with Crippen molar-refractivity contribution >= 4 is 10.8 Å². The van der Waals surface area contributed by atoms with Crippen LogP contribution in [0.3, 0.4) is 0 Å². The molecular formula is C25H30O5. The molecule has 1 spiro atoms. The third-order valence-electron chi connectivity index (χ3n) is 8.09. The smallest absolute Gasteiger partial charge is 0.205 e. The van der Waals surface area contributed by atoms with Crippen molar-refractivity contribution in [2.45, 2.75) is 70.4 Å². The van der Waals surface area contributed by atoms with Crippen LogP contribution in [0.2, 0.25) is 0 Å². The minimum atomic E-state index is -0.762. The van der Waals surface area contributed by atoms with Crippen molar-refractivity contribution in [3.05, 3.63) is 42.5 Å². The Morgan fingerprint density at radius 2 is 1.77 bits per heavy atom. The Bertz CT molecular complexity index is 956. The fraction of sp³-hybridized carbons (Fsp3) is 0.600. The van der Waals surface area contributed by atoms with E-state index in [1.807, 2.05) is 31.2 Å². The molecule has 5 nitrogen and oxygen atoms in total. The Morgan fingerprint density at radius 3 is 2.67 bits per heavy atom. The topological polar surface area (TPSA) is 46.2 Å². The molecule has 1 aliphatic carbocycles. The van der Waals surface area contributed by atoms with Crippen LogP contribution in [-0.4, -0.2) is 24.0 Å². The van der Waals surface area contributed by atoms with Gasteiger partial charge in [0, 0.05) is 23.6 Å². The van der Waals surface area contributed by atoms with Crippen LogP contribution in [0.5, 0.6) is 5.75 Å². The molecule has 2 aromatic carbocycles. The molecule has 0 radical (unpaired) electrons. The van der Waals surface area contributed by atoms with Gasteiger partial charge in [-0.15, -0.1) is 0 Å². The molecule has 7 rings (SSSR count). The number of hydrogen-bond donors (Lipinski definition) is 0. The molecule has 5 heteroatoms. The van der Waals surface area contributed by atoms with Crippen LogP contribution >= 0.6 is 0 Å². The van der Waals surface area contributed by atoms with Crippen LogP contribution in [0.1, 0.15) is 46.5 Å². The molecule has 4 heterocycles. The summed E-state index contributed by atoms with van der Waals surface area (Å²) in [6.45, 7) is 6.51. The first-order chi connectivity index (χ1) is 14.5. The molecule has 0 unspecified atom stereocenters. The Kier molecular flexibility index (Phi) is 4.24. The lowest BCUT2D eigenvalue weighted by molar-refractivity contribution is -0.575. The van der Waals surface area contributed by atoms with E-state index in [1.54, 1.807) is 0 Å². The Morgan fingerprint density at radius 1 is 0.933 bits per heavy atom. The molecule has 0 amide bonds. The van der Waals surface area contributed by atoms with Gasteiger partial charge < -0.3 is 14.2 Å². The summed E-state index contributed by atoms with van der Waals surface area (Å²) in [5, 5.41) is 2.26. The van der Waals surface area contributed by atoms with E-state index in [1.165, 1.54) is 6.42 Å². The van der Waals surface area contributed by atoms with E-state index in [-0.39, 0.29) is 11.8 Å². The molecule has 1 saturated carbocycles. The van der Waals surface area contributed by atoms with Crippen LogP contribution in [-0.2, 0) is 19.2 Å². The monoisotopic (exact) mass is 410 g/mol. The maximum atomic E-state index is 6.56. The Balaban J connectivity index is 1.38. The van der Waals surface area contributed by atoms with Crippen molar-refractivity contribution in [1.82, 2.24) is 0 Å². The zero-order chi connectivity index (χ0) is 20.5. The molecule has 2 aromatic rings. The fourth-order valence-corrected chi connectivity index (χ4v) is 6.43. The van der Waals surface area contributed by atoms with E-state index in [9.17, 15) is 0 Å². The number of ether oxygens (including phenoxy) is 3. The lowest BCUT2D eigenvalue weighted by Crippen LogP contribution is -2.70. The standard InChI is InChI=1S/C25H30O5/c1-15-11-12-20-16(2)22(26-21-10-6-8-17-7-4-5-9-18(17)21)27-23-25(20)19(15)13-14-24(3,28-23)29-30-25/h4-10,15-16,19-20,22-23H,11-14H2,1-3H3/t15-,16-,19+,20+,22-,23-,24-,25-/m1/s1. The molecule has 4 saturated heterocycles. The summed E-state index contributed by atoms with van der Waals surface area (Å²) < 4.78 is 19.5. The Labute approximate surface area is 177 Å². The highest BCUT2D eigenvalue weighted by atomic mass is 17.3. The van der Waals surface area contributed by atoms with Gasteiger partial charge in [-0.25, -0.2) is 9.78 Å². The summed E-state index contributed by atoms with van der Waals surface area (Å²) in [6.07, 6.45) is 3.24. The minimum absolute atomic E-state index is 0.157. The predicted octanol–water partition coefficient (Wildman–Crippen LogP) is 5.43. The van der Waals surface area contributed by atoms with Crippen molar-refractivity contribution in [2.75, 3.05) is 0 Å². The number of rotatable bonds is 2. The normalized spacial score (nSPS) is 45.0. The summed E-state index contributed by atoms with van der Waals surface area (Å²) in [5.74, 6) is 1.44. The van der Waals surface area contributed by atoms with Gasteiger partial charge in [0.15, 0.2) is 11.9 Å². The van der Waals surface area contributed by atoms with Gasteiger partial charge in [0.1, 0.15) is 5.75 Å². The second-order valence-corrected chi connectivity index (χ2v) is 9.87. The van der Waals surface area contributed by atoms with Crippen LogP contribution in [0.15, 0.2) is 42.5 Å². The highest BCUT2D eigenvalue weighted by Crippen LogP contribution is 2.60. The molecule has 5 fully saturated rings. The summed E-state index contributed by atoms with van der Waals surface area (Å²) in [5.41, 5.74) is -0.550. The molecular weight excluding hydrogens is 380 g/mol. The molecule has 5 aliphatic rings. The van der Waals surface area contributed by atoms with E-state index in [0.29, 0.717) is 11.8 Å². The maximum absolute atomic E-state index is 6.56. The summed E-state index contributed by atoms with van der Waals surface area (Å²) in [6, 6.07) is 14.5. The first-order valence-electron chi connectivity index (χ1n) is 11.3. The van der Waals surface area contributed by atoms with Crippen LogP contribution in [0.25, 0.3) is 10.8 Å². The summed E-state index contributed by atoms with van der Waals surface area (Å²) >= 11 is 0. The van der Waals surface area contributed by atoms with Gasteiger partial charge in [0.25, 0.3) is 0 Å². The zero-order valence-electron chi connectivity index (χ0n) is 17.9. The van der Waals surface area contributed by atoms with Gasteiger partial charge in [-0.3, -0.25) is 0 Å². The van der Waals surface area contributed by atoms with Crippen molar-refractivity contribution in [3.63, 3.8) is 0 Å². The maximum Gasteiger partial charge on any atom is 0.205 e. The van der Waals surface area contributed by atoms with Crippen molar-refractivity contribution in [2.24, 2.45) is 23.7 Å². The van der Waals surface area contributed by atoms with E-state index in [2.05, 4.69) is 32.0 Å². The largest absolute Gasteiger partial charge is 0.464 e. The average Bonchev–Trinajstić information content (AvgIpc) is 2.98. The summed E-state index contributed by atoms with van der Waals surface area (Å²) in [7, 11) is 0. The Hall–Kier alpha value is -1.66. The number of benzene rings is 2. The molecule has 2 bridgehead atoms. The zero-order valence-corrected chi connectivity index (χ0v) is 17.9. The fourth-order valence-electron chi connectivity index (χ4n) is 6.43. The van der Waals surface area contributed by atoms with Crippen molar-refractivity contribution in [3.8, 4) is 5.75 Å². The predicted molar refractivity (Wildman–Crippen MR) is 111 cm³/mol.